The third-order valence-electron chi connectivity index (χ3n) is 3.93. The molecule has 2 aromatic rings. The molecule has 0 fully saturated rings. The lowest BCUT2D eigenvalue weighted by molar-refractivity contribution is 0.477. The molecule has 0 unspecified atom stereocenters. The van der Waals surface area contributed by atoms with Crippen molar-refractivity contribution in [3.8, 4) is 16.9 Å². The molecule has 1 nitrogen and oxygen atoms in total. The van der Waals surface area contributed by atoms with Crippen molar-refractivity contribution < 1.29 is 5.11 Å². The van der Waals surface area contributed by atoms with Crippen molar-refractivity contribution in [1.82, 2.24) is 0 Å². The van der Waals surface area contributed by atoms with E-state index in [1.165, 1.54) is 27.8 Å². The fraction of sp³-hybridized carbons (Fsp3) is 0.333. The molecular weight excluding hydrogens is 232 g/mol. The number of hydrogen-bond acceptors (Lipinski definition) is 1. The summed E-state index contributed by atoms with van der Waals surface area (Å²) in [6, 6.07) is 9.83. The molecule has 0 aliphatic heterocycles. The largest absolute Gasteiger partial charge is 0.507 e. The first-order valence-electron chi connectivity index (χ1n) is 6.82. The fourth-order valence-electron chi connectivity index (χ4n) is 2.81. The minimum absolute atomic E-state index is 0.352. The second-order valence-electron chi connectivity index (χ2n) is 5.58. The van der Waals surface area contributed by atoms with Crippen LogP contribution in [0.2, 0.25) is 0 Å². The van der Waals surface area contributed by atoms with Gasteiger partial charge in [-0.05, 0) is 60.6 Å². The molecule has 0 saturated heterocycles. The average molecular weight is 254 g/mol. The van der Waals surface area contributed by atoms with Gasteiger partial charge in [0, 0.05) is 5.56 Å². The van der Waals surface area contributed by atoms with E-state index in [0.29, 0.717) is 11.7 Å². The molecule has 0 aliphatic carbocycles. The van der Waals surface area contributed by atoms with Crippen molar-refractivity contribution in [2.45, 2.75) is 40.5 Å². The predicted octanol–water partition coefficient (Wildman–Crippen LogP) is 5.11. The summed E-state index contributed by atoms with van der Waals surface area (Å²) in [7, 11) is 0. The molecule has 2 aromatic carbocycles. The topological polar surface area (TPSA) is 20.2 Å². The van der Waals surface area contributed by atoms with Crippen molar-refractivity contribution in [3.63, 3.8) is 0 Å². The van der Waals surface area contributed by atoms with Crippen LogP contribution in [0.25, 0.3) is 11.1 Å². The maximum absolute atomic E-state index is 10.1. The van der Waals surface area contributed by atoms with Crippen LogP contribution < -0.4 is 0 Å². The molecule has 1 N–H and O–H groups in total. The lowest BCUT2D eigenvalue weighted by Gasteiger charge is -2.19. The Bertz CT molecular complexity index is 609. The van der Waals surface area contributed by atoms with Gasteiger partial charge in [0.15, 0.2) is 0 Å². The molecule has 2 rings (SSSR count). The van der Waals surface area contributed by atoms with Gasteiger partial charge in [0.05, 0.1) is 0 Å². The molecule has 100 valence electrons. The van der Waals surface area contributed by atoms with Gasteiger partial charge in [-0.15, -0.1) is 0 Å². The minimum Gasteiger partial charge on any atom is -0.507 e. The molecule has 0 bridgehead atoms. The smallest absolute Gasteiger partial charge is 0.123 e. The minimum atomic E-state index is 0.352. The van der Waals surface area contributed by atoms with Gasteiger partial charge in [-0.25, -0.2) is 0 Å². The molecule has 1 heteroatoms. The number of aryl methyl sites for hydroxylation is 1. The van der Waals surface area contributed by atoms with E-state index in [1.807, 2.05) is 18.2 Å². The first-order chi connectivity index (χ1) is 8.93. The number of rotatable bonds is 2. The lowest BCUT2D eigenvalue weighted by Crippen LogP contribution is -2.00. The molecule has 0 spiro atoms. The Balaban J connectivity index is 2.73. The maximum atomic E-state index is 10.1. The molecular formula is C18H22O. The highest BCUT2D eigenvalue weighted by atomic mass is 16.3. The Kier molecular flexibility index (Phi) is 3.66. The number of hydrogen-bond donors (Lipinski definition) is 1. The molecule has 19 heavy (non-hydrogen) atoms. The Hall–Kier alpha value is -1.76. The van der Waals surface area contributed by atoms with Crippen LogP contribution in [0, 0.1) is 20.8 Å². The van der Waals surface area contributed by atoms with Gasteiger partial charge >= 0.3 is 0 Å². The second kappa shape index (κ2) is 5.08. The summed E-state index contributed by atoms with van der Waals surface area (Å²) in [6.45, 7) is 10.9. The van der Waals surface area contributed by atoms with Crippen LogP contribution in [0.3, 0.4) is 0 Å². The second-order valence-corrected chi connectivity index (χ2v) is 5.58. The number of phenols is 1. The number of para-hydroxylation sites is 1. The molecule has 0 radical (unpaired) electrons. The zero-order valence-corrected chi connectivity index (χ0v) is 12.4. The van der Waals surface area contributed by atoms with Crippen molar-refractivity contribution in [2.75, 3.05) is 0 Å². The van der Waals surface area contributed by atoms with Crippen LogP contribution in [0.15, 0.2) is 30.3 Å². The summed E-state index contributed by atoms with van der Waals surface area (Å²) in [5.74, 6) is 0.876. The summed E-state index contributed by atoms with van der Waals surface area (Å²) in [4.78, 5) is 0. The van der Waals surface area contributed by atoms with E-state index in [1.54, 1.807) is 6.07 Å². The highest BCUT2D eigenvalue weighted by Crippen LogP contribution is 2.37. The highest BCUT2D eigenvalue weighted by molar-refractivity contribution is 5.77. The van der Waals surface area contributed by atoms with E-state index in [2.05, 4.69) is 40.7 Å². The number of aromatic hydroxyl groups is 1. The monoisotopic (exact) mass is 254 g/mol. The third-order valence-corrected chi connectivity index (χ3v) is 3.93. The first kappa shape index (κ1) is 13.7. The van der Waals surface area contributed by atoms with Gasteiger partial charge in [-0.3, -0.25) is 0 Å². The van der Waals surface area contributed by atoms with Crippen molar-refractivity contribution in [2.24, 2.45) is 0 Å². The molecule has 0 aliphatic rings. The Morgan fingerprint density at radius 2 is 1.58 bits per heavy atom. The normalized spacial score (nSPS) is 11.1. The first-order valence-corrected chi connectivity index (χ1v) is 6.82. The molecule has 0 amide bonds. The average Bonchev–Trinajstić information content (AvgIpc) is 2.36. The van der Waals surface area contributed by atoms with Crippen LogP contribution in [0.1, 0.15) is 42.0 Å². The van der Waals surface area contributed by atoms with Crippen LogP contribution in [-0.2, 0) is 0 Å². The maximum Gasteiger partial charge on any atom is 0.123 e. The predicted molar refractivity (Wildman–Crippen MR) is 81.8 cm³/mol. The third kappa shape index (κ3) is 2.37. The van der Waals surface area contributed by atoms with Crippen molar-refractivity contribution >= 4 is 0 Å². The quantitative estimate of drug-likeness (QED) is 0.789. The summed E-state index contributed by atoms with van der Waals surface area (Å²) in [5.41, 5.74) is 7.32. The van der Waals surface area contributed by atoms with Crippen LogP contribution >= 0.6 is 0 Å². The zero-order chi connectivity index (χ0) is 14.2. The SMILES string of the molecule is Cc1cc(C(C)C)c(C)c(C)c1-c1ccccc1O. The van der Waals surface area contributed by atoms with E-state index < -0.39 is 0 Å². The van der Waals surface area contributed by atoms with E-state index in [4.69, 9.17) is 0 Å². The Morgan fingerprint density at radius 1 is 0.947 bits per heavy atom. The van der Waals surface area contributed by atoms with Gasteiger partial charge in [0.25, 0.3) is 0 Å². The van der Waals surface area contributed by atoms with E-state index in [9.17, 15) is 5.11 Å². The van der Waals surface area contributed by atoms with E-state index >= 15 is 0 Å². The van der Waals surface area contributed by atoms with Gasteiger partial charge in [0.1, 0.15) is 5.75 Å². The summed E-state index contributed by atoms with van der Waals surface area (Å²) in [5, 5.41) is 10.1. The van der Waals surface area contributed by atoms with Crippen LogP contribution in [0.4, 0.5) is 0 Å². The summed E-state index contributed by atoms with van der Waals surface area (Å²) in [6.07, 6.45) is 0. The summed E-state index contributed by atoms with van der Waals surface area (Å²) >= 11 is 0. The lowest BCUT2D eigenvalue weighted by atomic mass is 9.86. The molecule has 0 atom stereocenters. The highest BCUT2D eigenvalue weighted by Gasteiger charge is 2.15. The molecule has 0 heterocycles. The van der Waals surface area contributed by atoms with Gasteiger partial charge in [-0.1, -0.05) is 38.1 Å². The van der Waals surface area contributed by atoms with E-state index in [-0.39, 0.29) is 0 Å². The molecule has 0 saturated carbocycles. The summed E-state index contributed by atoms with van der Waals surface area (Å²) < 4.78 is 0. The van der Waals surface area contributed by atoms with Gasteiger partial charge < -0.3 is 5.11 Å². The Labute approximate surface area is 115 Å². The Morgan fingerprint density at radius 3 is 2.16 bits per heavy atom. The van der Waals surface area contributed by atoms with Crippen molar-refractivity contribution in [3.05, 3.63) is 52.6 Å². The zero-order valence-electron chi connectivity index (χ0n) is 12.4. The van der Waals surface area contributed by atoms with Crippen molar-refractivity contribution in [1.29, 1.82) is 0 Å². The van der Waals surface area contributed by atoms with E-state index in [0.717, 1.165) is 5.56 Å². The molecule has 0 aromatic heterocycles. The fourth-order valence-corrected chi connectivity index (χ4v) is 2.81. The number of phenolic OH excluding ortho intramolecular Hbond substituents is 1. The number of benzene rings is 2. The van der Waals surface area contributed by atoms with Gasteiger partial charge in [-0.2, -0.15) is 0 Å². The van der Waals surface area contributed by atoms with Gasteiger partial charge in [0.2, 0.25) is 0 Å². The standard InChI is InChI=1S/C18H22O/c1-11(2)16-10-12(3)18(14(5)13(16)4)15-8-6-7-9-17(15)19/h6-11,19H,1-5H3. The van der Waals surface area contributed by atoms with Crippen LogP contribution in [0.5, 0.6) is 5.75 Å². The van der Waals surface area contributed by atoms with Crippen LogP contribution in [-0.4, -0.2) is 5.11 Å².